The lowest BCUT2D eigenvalue weighted by atomic mass is 10.0. The molecular formula is C11H17N3O2. The highest BCUT2D eigenvalue weighted by molar-refractivity contribution is 4.91. The summed E-state index contributed by atoms with van der Waals surface area (Å²) in [6, 6.07) is 1.81. The molecule has 1 aromatic rings. The van der Waals surface area contributed by atoms with E-state index in [1.807, 2.05) is 6.07 Å². The van der Waals surface area contributed by atoms with Gasteiger partial charge >= 0.3 is 0 Å². The van der Waals surface area contributed by atoms with Crippen molar-refractivity contribution in [3.05, 3.63) is 24.3 Å². The van der Waals surface area contributed by atoms with Crippen LogP contribution in [0.2, 0.25) is 0 Å². The second-order valence-electron chi connectivity index (χ2n) is 3.96. The van der Waals surface area contributed by atoms with Gasteiger partial charge in [0.25, 0.3) is 0 Å². The number of rotatable bonds is 5. The highest BCUT2D eigenvalue weighted by Crippen LogP contribution is 2.21. The van der Waals surface area contributed by atoms with E-state index >= 15 is 0 Å². The van der Waals surface area contributed by atoms with Crippen molar-refractivity contribution in [2.24, 2.45) is 0 Å². The normalized spacial score (nSPS) is 24.8. The minimum Gasteiger partial charge on any atom is -0.378 e. The number of nitrogens with zero attached hydrogens (tertiary/aromatic N) is 2. The molecule has 0 spiro atoms. The fourth-order valence-corrected chi connectivity index (χ4v) is 1.78. The summed E-state index contributed by atoms with van der Waals surface area (Å²) in [4.78, 5) is 8.29. The first-order valence-corrected chi connectivity index (χ1v) is 5.44. The molecule has 1 aliphatic heterocycles. The molecule has 0 bridgehead atoms. The molecule has 88 valence electrons. The number of ether oxygens (including phenoxy) is 2. The van der Waals surface area contributed by atoms with E-state index in [9.17, 15) is 0 Å². The van der Waals surface area contributed by atoms with Crippen molar-refractivity contribution in [2.75, 3.05) is 26.9 Å². The van der Waals surface area contributed by atoms with E-state index in [0.29, 0.717) is 13.2 Å². The molecule has 1 fully saturated rings. The zero-order valence-electron chi connectivity index (χ0n) is 9.48. The van der Waals surface area contributed by atoms with Crippen molar-refractivity contribution in [3.8, 4) is 0 Å². The summed E-state index contributed by atoms with van der Waals surface area (Å²) in [7, 11) is 1.73. The third kappa shape index (κ3) is 2.75. The fraction of sp³-hybridized carbons (Fsp3) is 0.636. The van der Waals surface area contributed by atoms with Gasteiger partial charge in [0.1, 0.15) is 11.4 Å². The van der Waals surface area contributed by atoms with Crippen molar-refractivity contribution in [3.63, 3.8) is 0 Å². The third-order valence-corrected chi connectivity index (χ3v) is 2.85. The van der Waals surface area contributed by atoms with Crippen LogP contribution in [0, 0.1) is 0 Å². The van der Waals surface area contributed by atoms with E-state index in [0.717, 1.165) is 25.4 Å². The van der Waals surface area contributed by atoms with Crippen LogP contribution < -0.4 is 5.32 Å². The molecule has 5 nitrogen and oxygen atoms in total. The first-order valence-electron chi connectivity index (χ1n) is 5.44. The lowest BCUT2D eigenvalue weighted by Crippen LogP contribution is -2.42. The van der Waals surface area contributed by atoms with Crippen molar-refractivity contribution in [1.82, 2.24) is 15.3 Å². The second kappa shape index (κ2) is 5.34. The molecule has 0 amide bonds. The van der Waals surface area contributed by atoms with Crippen LogP contribution in [0.15, 0.2) is 18.5 Å². The molecule has 16 heavy (non-hydrogen) atoms. The maximum Gasteiger partial charge on any atom is 0.141 e. The zero-order valence-corrected chi connectivity index (χ0v) is 9.48. The van der Waals surface area contributed by atoms with Crippen LogP contribution in [0.5, 0.6) is 0 Å². The third-order valence-electron chi connectivity index (χ3n) is 2.85. The van der Waals surface area contributed by atoms with Gasteiger partial charge in [-0.15, -0.1) is 0 Å². The molecule has 2 heterocycles. The Bertz CT molecular complexity index is 312. The number of methoxy groups -OCH3 is 1. The molecule has 0 aliphatic carbocycles. The Kier molecular flexibility index (Phi) is 3.82. The van der Waals surface area contributed by atoms with Crippen LogP contribution in [0.3, 0.4) is 0 Å². The molecule has 1 aliphatic rings. The highest BCUT2D eigenvalue weighted by Gasteiger charge is 2.34. The molecule has 1 aromatic heterocycles. The largest absolute Gasteiger partial charge is 0.378 e. The predicted molar refractivity (Wildman–Crippen MR) is 58.9 cm³/mol. The monoisotopic (exact) mass is 223 g/mol. The van der Waals surface area contributed by atoms with E-state index in [1.165, 1.54) is 0 Å². The lowest BCUT2D eigenvalue weighted by molar-refractivity contribution is -0.0160. The van der Waals surface area contributed by atoms with Crippen LogP contribution in [-0.4, -0.2) is 42.4 Å². The Morgan fingerprint density at radius 2 is 2.31 bits per heavy atom. The van der Waals surface area contributed by atoms with Crippen LogP contribution >= 0.6 is 0 Å². The summed E-state index contributed by atoms with van der Waals surface area (Å²) < 4.78 is 10.9. The SMILES string of the molecule is COC1(CNCc2ncccn2)CCOC1. The predicted octanol–water partition coefficient (Wildman–Crippen LogP) is 0.372. The maximum atomic E-state index is 5.51. The van der Waals surface area contributed by atoms with Gasteiger partial charge in [0.15, 0.2) is 0 Å². The minimum absolute atomic E-state index is 0.172. The lowest BCUT2D eigenvalue weighted by Gasteiger charge is -2.25. The van der Waals surface area contributed by atoms with Crippen LogP contribution in [-0.2, 0) is 16.0 Å². The average Bonchev–Trinajstić information content (AvgIpc) is 2.80. The molecule has 1 saturated heterocycles. The number of hydrogen-bond acceptors (Lipinski definition) is 5. The van der Waals surface area contributed by atoms with Crippen LogP contribution in [0.4, 0.5) is 0 Å². The van der Waals surface area contributed by atoms with Gasteiger partial charge in [0, 0.05) is 39.1 Å². The van der Waals surface area contributed by atoms with Gasteiger partial charge < -0.3 is 14.8 Å². The Morgan fingerprint density at radius 1 is 1.50 bits per heavy atom. The molecule has 1 N–H and O–H groups in total. The molecule has 5 heteroatoms. The number of aromatic nitrogens is 2. The standard InChI is InChI=1S/C11H17N3O2/c1-15-11(3-6-16-9-11)8-12-7-10-13-4-2-5-14-10/h2,4-5,12H,3,6-9H2,1H3. The van der Waals surface area contributed by atoms with Gasteiger partial charge in [-0.05, 0) is 6.07 Å². The minimum atomic E-state index is -0.172. The highest BCUT2D eigenvalue weighted by atomic mass is 16.5. The average molecular weight is 223 g/mol. The van der Waals surface area contributed by atoms with Gasteiger partial charge in [0.05, 0.1) is 13.2 Å². The fourth-order valence-electron chi connectivity index (χ4n) is 1.78. The van der Waals surface area contributed by atoms with Crippen molar-refractivity contribution in [2.45, 2.75) is 18.6 Å². The van der Waals surface area contributed by atoms with E-state index in [1.54, 1.807) is 19.5 Å². The second-order valence-corrected chi connectivity index (χ2v) is 3.96. The molecule has 0 saturated carbocycles. The molecule has 1 unspecified atom stereocenters. The molecular weight excluding hydrogens is 206 g/mol. The van der Waals surface area contributed by atoms with E-state index < -0.39 is 0 Å². The summed E-state index contributed by atoms with van der Waals surface area (Å²) in [6.45, 7) is 2.86. The smallest absolute Gasteiger partial charge is 0.141 e. The summed E-state index contributed by atoms with van der Waals surface area (Å²) in [5.41, 5.74) is -0.172. The van der Waals surface area contributed by atoms with Gasteiger partial charge in [-0.25, -0.2) is 9.97 Å². The van der Waals surface area contributed by atoms with Crippen LogP contribution in [0.25, 0.3) is 0 Å². The van der Waals surface area contributed by atoms with E-state index in [-0.39, 0.29) is 5.60 Å². The van der Waals surface area contributed by atoms with Gasteiger partial charge in [-0.1, -0.05) is 0 Å². The first kappa shape index (κ1) is 11.4. The Hall–Kier alpha value is -1.04. The Balaban J connectivity index is 1.79. The number of nitrogens with one attached hydrogen (secondary N) is 1. The zero-order chi connectivity index (χ0) is 11.3. The van der Waals surface area contributed by atoms with Gasteiger partial charge in [0.2, 0.25) is 0 Å². The molecule has 1 atom stereocenters. The summed E-state index contributed by atoms with van der Waals surface area (Å²) in [6.07, 6.45) is 4.43. The summed E-state index contributed by atoms with van der Waals surface area (Å²) in [5, 5.41) is 3.31. The first-order chi connectivity index (χ1) is 7.85. The Labute approximate surface area is 95.2 Å². The van der Waals surface area contributed by atoms with Crippen molar-refractivity contribution in [1.29, 1.82) is 0 Å². The molecule has 0 radical (unpaired) electrons. The molecule has 2 rings (SSSR count). The van der Waals surface area contributed by atoms with Crippen LogP contribution in [0.1, 0.15) is 12.2 Å². The summed E-state index contributed by atoms with van der Waals surface area (Å²) in [5.74, 6) is 0.799. The van der Waals surface area contributed by atoms with Gasteiger partial charge in [-0.2, -0.15) is 0 Å². The summed E-state index contributed by atoms with van der Waals surface area (Å²) >= 11 is 0. The molecule has 0 aromatic carbocycles. The van der Waals surface area contributed by atoms with Crippen molar-refractivity contribution < 1.29 is 9.47 Å². The van der Waals surface area contributed by atoms with E-state index in [4.69, 9.17) is 9.47 Å². The van der Waals surface area contributed by atoms with Crippen molar-refractivity contribution >= 4 is 0 Å². The maximum absolute atomic E-state index is 5.51. The quantitative estimate of drug-likeness (QED) is 0.781. The topological polar surface area (TPSA) is 56.3 Å². The van der Waals surface area contributed by atoms with E-state index in [2.05, 4.69) is 15.3 Å². The Morgan fingerprint density at radius 3 is 2.94 bits per heavy atom. The number of hydrogen-bond donors (Lipinski definition) is 1. The van der Waals surface area contributed by atoms with Gasteiger partial charge in [-0.3, -0.25) is 0 Å².